The van der Waals surface area contributed by atoms with Crippen LogP contribution in [0.1, 0.15) is 19.4 Å². The first-order chi connectivity index (χ1) is 11.2. The lowest BCUT2D eigenvalue weighted by Gasteiger charge is -2.09. The van der Waals surface area contributed by atoms with E-state index in [2.05, 4.69) is 15.6 Å². The van der Waals surface area contributed by atoms with Crippen molar-refractivity contribution in [3.63, 3.8) is 0 Å². The summed E-state index contributed by atoms with van der Waals surface area (Å²) in [6, 6.07) is 13.7. The van der Waals surface area contributed by atoms with Crippen molar-refractivity contribution >= 4 is 5.96 Å². The minimum Gasteiger partial charge on any atom is -0.457 e. The number of hydrogen-bond acceptors (Lipinski definition) is 2. The summed E-state index contributed by atoms with van der Waals surface area (Å²) in [5.41, 5.74) is 1.09. The van der Waals surface area contributed by atoms with Crippen LogP contribution in [0.3, 0.4) is 0 Å². The first kappa shape index (κ1) is 16.8. The van der Waals surface area contributed by atoms with Crippen molar-refractivity contribution in [3.05, 3.63) is 59.9 Å². The van der Waals surface area contributed by atoms with Gasteiger partial charge in [-0.3, -0.25) is 0 Å². The molecule has 5 heteroatoms. The monoisotopic (exact) mass is 315 g/mol. The molecule has 2 rings (SSSR count). The van der Waals surface area contributed by atoms with E-state index in [9.17, 15) is 4.39 Å². The number of nitrogens with one attached hydrogen (secondary N) is 2. The van der Waals surface area contributed by atoms with Crippen LogP contribution in [0.25, 0.3) is 0 Å². The second kappa shape index (κ2) is 8.78. The normalized spacial score (nSPS) is 10.0. The molecule has 2 aromatic carbocycles. The number of halogens is 1. The van der Waals surface area contributed by atoms with Crippen LogP contribution >= 0.6 is 0 Å². The summed E-state index contributed by atoms with van der Waals surface area (Å²) >= 11 is 0. The van der Waals surface area contributed by atoms with Crippen molar-refractivity contribution in [2.24, 2.45) is 4.99 Å². The van der Waals surface area contributed by atoms with Crippen molar-refractivity contribution in [1.82, 2.24) is 10.6 Å². The number of nitrogens with zero attached hydrogens (tertiary/aromatic N) is 1. The van der Waals surface area contributed by atoms with Crippen LogP contribution in [0, 0.1) is 5.82 Å². The van der Waals surface area contributed by atoms with Crippen LogP contribution in [0.5, 0.6) is 11.5 Å². The van der Waals surface area contributed by atoms with Gasteiger partial charge in [0.1, 0.15) is 17.3 Å². The largest absolute Gasteiger partial charge is 0.457 e. The Kier molecular flexibility index (Phi) is 6.41. The van der Waals surface area contributed by atoms with E-state index in [0.29, 0.717) is 18.0 Å². The smallest absolute Gasteiger partial charge is 0.191 e. The van der Waals surface area contributed by atoms with Crippen molar-refractivity contribution in [1.29, 1.82) is 0 Å². The highest BCUT2D eigenvalue weighted by molar-refractivity contribution is 5.79. The van der Waals surface area contributed by atoms with Gasteiger partial charge in [-0.25, -0.2) is 9.38 Å². The second-order valence-electron chi connectivity index (χ2n) is 4.93. The number of ether oxygens (including phenoxy) is 1. The minimum absolute atomic E-state index is 0.275. The van der Waals surface area contributed by atoms with E-state index in [0.717, 1.165) is 24.6 Å². The fourth-order valence-electron chi connectivity index (χ4n) is 1.98. The molecule has 0 spiro atoms. The van der Waals surface area contributed by atoms with Crippen LogP contribution in [0.15, 0.2) is 53.5 Å². The van der Waals surface area contributed by atoms with Crippen molar-refractivity contribution in [2.75, 3.05) is 13.1 Å². The first-order valence-electron chi connectivity index (χ1n) is 7.75. The van der Waals surface area contributed by atoms with Gasteiger partial charge in [0.25, 0.3) is 0 Å². The highest BCUT2D eigenvalue weighted by Crippen LogP contribution is 2.22. The fourth-order valence-corrected chi connectivity index (χ4v) is 1.98. The molecule has 0 radical (unpaired) electrons. The zero-order valence-corrected chi connectivity index (χ0v) is 13.5. The maximum Gasteiger partial charge on any atom is 0.191 e. The SMILES string of the molecule is CCNC(=NCc1ccc(Oc2ccc(F)cc2)cc1)NCC. The zero-order chi connectivity index (χ0) is 16.5. The van der Waals surface area contributed by atoms with Crippen molar-refractivity contribution in [3.8, 4) is 11.5 Å². The van der Waals surface area contributed by atoms with Gasteiger partial charge in [-0.05, 0) is 55.8 Å². The molecular formula is C18H22FN3O. The number of rotatable bonds is 6. The van der Waals surface area contributed by atoms with Gasteiger partial charge in [-0.2, -0.15) is 0 Å². The third kappa shape index (κ3) is 5.62. The molecule has 2 aromatic rings. The quantitative estimate of drug-likeness (QED) is 0.631. The maximum absolute atomic E-state index is 12.9. The Morgan fingerprint density at radius 1 is 0.913 bits per heavy atom. The van der Waals surface area contributed by atoms with Gasteiger partial charge in [0.05, 0.1) is 6.54 Å². The fraction of sp³-hybridized carbons (Fsp3) is 0.278. The van der Waals surface area contributed by atoms with E-state index >= 15 is 0 Å². The Hall–Kier alpha value is -2.56. The average molecular weight is 315 g/mol. The first-order valence-corrected chi connectivity index (χ1v) is 7.75. The molecule has 0 aliphatic rings. The lowest BCUT2D eigenvalue weighted by atomic mass is 10.2. The Morgan fingerprint density at radius 3 is 1.96 bits per heavy atom. The maximum atomic E-state index is 12.9. The molecule has 0 heterocycles. The lowest BCUT2D eigenvalue weighted by Crippen LogP contribution is -2.36. The summed E-state index contributed by atoms with van der Waals surface area (Å²) in [6.45, 7) is 6.32. The number of hydrogen-bond donors (Lipinski definition) is 2. The summed E-state index contributed by atoms with van der Waals surface area (Å²) in [7, 11) is 0. The van der Waals surface area contributed by atoms with Gasteiger partial charge < -0.3 is 15.4 Å². The molecule has 4 nitrogen and oxygen atoms in total. The molecule has 122 valence electrons. The van der Waals surface area contributed by atoms with Crippen molar-refractivity contribution < 1.29 is 9.13 Å². The van der Waals surface area contributed by atoms with Crippen LogP contribution in [0.4, 0.5) is 4.39 Å². The van der Waals surface area contributed by atoms with E-state index in [1.807, 2.05) is 38.1 Å². The zero-order valence-electron chi connectivity index (χ0n) is 13.5. The molecule has 0 bridgehead atoms. The summed E-state index contributed by atoms with van der Waals surface area (Å²) in [5.74, 6) is 1.85. The highest BCUT2D eigenvalue weighted by atomic mass is 19.1. The van der Waals surface area contributed by atoms with E-state index in [1.54, 1.807) is 12.1 Å². The van der Waals surface area contributed by atoms with Gasteiger partial charge >= 0.3 is 0 Å². The third-order valence-corrected chi connectivity index (χ3v) is 3.08. The second-order valence-corrected chi connectivity index (χ2v) is 4.93. The lowest BCUT2D eigenvalue weighted by molar-refractivity contribution is 0.480. The highest BCUT2D eigenvalue weighted by Gasteiger charge is 2.00. The van der Waals surface area contributed by atoms with Crippen LogP contribution < -0.4 is 15.4 Å². The van der Waals surface area contributed by atoms with Crippen molar-refractivity contribution in [2.45, 2.75) is 20.4 Å². The predicted molar refractivity (Wildman–Crippen MR) is 91.4 cm³/mol. The standard InChI is InChI=1S/C18H22FN3O/c1-3-20-18(21-4-2)22-13-14-5-9-16(10-6-14)23-17-11-7-15(19)8-12-17/h5-12H,3-4,13H2,1-2H3,(H2,20,21,22). The van der Waals surface area contributed by atoms with Crippen LogP contribution in [0.2, 0.25) is 0 Å². The number of benzene rings is 2. The Bertz CT molecular complexity index is 616. The Morgan fingerprint density at radius 2 is 1.43 bits per heavy atom. The summed E-state index contributed by atoms with van der Waals surface area (Å²) in [4.78, 5) is 4.51. The van der Waals surface area contributed by atoms with Gasteiger partial charge in [-0.1, -0.05) is 12.1 Å². The summed E-state index contributed by atoms with van der Waals surface area (Å²) in [5, 5.41) is 6.37. The van der Waals surface area contributed by atoms with E-state index in [-0.39, 0.29) is 5.82 Å². The molecular weight excluding hydrogens is 293 g/mol. The van der Waals surface area contributed by atoms with E-state index < -0.39 is 0 Å². The molecule has 23 heavy (non-hydrogen) atoms. The van der Waals surface area contributed by atoms with Gasteiger partial charge in [-0.15, -0.1) is 0 Å². The minimum atomic E-state index is -0.275. The Labute approximate surface area is 136 Å². The molecule has 0 unspecified atom stereocenters. The molecule has 0 amide bonds. The molecule has 0 aliphatic carbocycles. The molecule has 0 aliphatic heterocycles. The molecule has 0 fully saturated rings. The topological polar surface area (TPSA) is 45.7 Å². The van der Waals surface area contributed by atoms with E-state index in [1.165, 1.54) is 12.1 Å². The predicted octanol–water partition coefficient (Wildman–Crippen LogP) is 3.69. The molecule has 0 atom stereocenters. The summed E-state index contributed by atoms with van der Waals surface area (Å²) < 4.78 is 18.5. The third-order valence-electron chi connectivity index (χ3n) is 3.08. The Balaban J connectivity index is 1.96. The number of aliphatic imine (C=N–C) groups is 1. The molecule has 0 saturated carbocycles. The van der Waals surface area contributed by atoms with E-state index in [4.69, 9.17) is 4.74 Å². The van der Waals surface area contributed by atoms with Gasteiger partial charge in [0, 0.05) is 13.1 Å². The molecule has 0 aromatic heterocycles. The van der Waals surface area contributed by atoms with Crippen LogP contribution in [-0.4, -0.2) is 19.0 Å². The van der Waals surface area contributed by atoms with Gasteiger partial charge in [0.2, 0.25) is 0 Å². The molecule has 0 saturated heterocycles. The average Bonchev–Trinajstić information content (AvgIpc) is 2.56. The molecule has 2 N–H and O–H groups in total. The summed E-state index contributed by atoms with van der Waals surface area (Å²) in [6.07, 6.45) is 0. The van der Waals surface area contributed by atoms with Crippen LogP contribution in [-0.2, 0) is 6.54 Å². The number of guanidine groups is 1. The van der Waals surface area contributed by atoms with Gasteiger partial charge in [0.15, 0.2) is 5.96 Å².